The first kappa shape index (κ1) is 24.7. The van der Waals surface area contributed by atoms with Gasteiger partial charge in [-0.3, -0.25) is 9.36 Å². The van der Waals surface area contributed by atoms with E-state index in [1.165, 1.54) is 37.3 Å². The molecule has 1 aliphatic heterocycles. The van der Waals surface area contributed by atoms with E-state index in [2.05, 4.69) is 4.99 Å². The predicted octanol–water partition coefficient (Wildman–Crippen LogP) is 4.66. The van der Waals surface area contributed by atoms with Gasteiger partial charge in [-0.2, -0.15) is 13.2 Å². The molecular weight excluding hydrogens is 501 g/mol. The van der Waals surface area contributed by atoms with E-state index in [-0.39, 0.29) is 21.5 Å². The van der Waals surface area contributed by atoms with Crippen LogP contribution in [-0.4, -0.2) is 23.3 Å². The number of carbonyl (C=O) groups is 1. The first-order valence-corrected chi connectivity index (χ1v) is 11.7. The van der Waals surface area contributed by atoms with Crippen LogP contribution in [0.4, 0.5) is 13.2 Å². The average Bonchev–Trinajstić information content (AvgIpc) is 3.14. The van der Waals surface area contributed by atoms with Crippen molar-refractivity contribution in [3.05, 3.63) is 108 Å². The molecule has 3 aromatic rings. The number of ether oxygens (including phenoxy) is 1. The minimum Gasteiger partial charge on any atom is -0.463 e. The lowest BCUT2D eigenvalue weighted by Crippen LogP contribution is -2.41. The van der Waals surface area contributed by atoms with E-state index in [1.807, 2.05) is 30.3 Å². The second-order valence-corrected chi connectivity index (χ2v) is 8.85. The predicted molar refractivity (Wildman–Crippen MR) is 129 cm³/mol. The first-order valence-electron chi connectivity index (χ1n) is 10.5. The van der Waals surface area contributed by atoms with Crippen LogP contribution in [0.1, 0.15) is 24.1 Å². The van der Waals surface area contributed by atoms with Crippen LogP contribution >= 0.6 is 22.9 Å². The molecule has 4 rings (SSSR count). The topological polar surface area (TPSA) is 60.7 Å². The van der Waals surface area contributed by atoms with Crippen molar-refractivity contribution in [1.82, 2.24) is 4.57 Å². The van der Waals surface area contributed by atoms with Crippen LogP contribution in [-0.2, 0) is 9.53 Å². The molecule has 0 aliphatic carbocycles. The van der Waals surface area contributed by atoms with Gasteiger partial charge < -0.3 is 4.74 Å². The Bertz CT molecular complexity index is 1490. The van der Waals surface area contributed by atoms with Gasteiger partial charge in [0.05, 0.1) is 22.8 Å². The quantitative estimate of drug-likeness (QED) is 0.462. The van der Waals surface area contributed by atoms with Crippen molar-refractivity contribution in [3.63, 3.8) is 0 Å². The summed E-state index contributed by atoms with van der Waals surface area (Å²) < 4.78 is 48.4. The maximum absolute atomic E-state index is 14.1. The minimum absolute atomic E-state index is 0.143. The second-order valence-electron chi connectivity index (χ2n) is 7.41. The molecule has 2 heterocycles. The molecule has 0 saturated carbocycles. The van der Waals surface area contributed by atoms with E-state index >= 15 is 0 Å². The highest BCUT2D eigenvalue weighted by Gasteiger charge is 2.45. The molecule has 0 saturated heterocycles. The number of nitrogens with zero attached hydrogens (tertiary/aromatic N) is 2. The minimum atomic E-state index is -4.95. The van der Waals surface area contributed by atoms with Crippen molar-refractivity contribution in [3.8, 4) is 0 Å². The van der Waals surface area contributed by atoms with Crippen LogP contribution in [0.3, 0.4) is 0 Å². The van der Waals surface area contributed by atoms with E-state index in [4.69, 9.17) is 16.3 Å². The Morgan fingerprint density at radius 3 is 2.49 bits per heavy atom. The highest BCUT2D eigenvalue weighted by Crippen LogP contribution is 2.38. The molecule has 0 amide bonds. The summed E-state index contributed by atoms with van der Waals surface area (Å²) in [5.41, 5.74) is -1.56. The summed E-state index contributed by atoms with van der Waals surface area (Å²) in [4.78, 5) is 29.7. The van der Waals surface area contributed by atoms with Crippen molar-refractivity contribution in [2.75, 3.05) is 6.61 Å². The van der Waals surface area contributed by atoms with Crippen molar-refractivity contribution >= 4 is 41.1 Å². The van der Waals surface area contributed by atoms with Gasteiger partial charge in [0.2, 0.25) is 0 Å². The number of aromatic nitrogens is 1. The molecule has 0 fully saturated rings. The Kier molecular flexibility index (Phi) is 7.09. The summed E-state index contributed by atoms with van der Waals surface area (Å²) in [5.74, 6) is -1.19. The number of rotatable bonds is 5. The molecule has 0 N–H and O–H groups in total. The molecule has 2 aromatic carbocycles. The zero-order valence-electron chi connectivity index (χ0n) is 18.3. The van der Waals surface area contributed by atoms with E-state index in [0.717, 1.165) is 21.5 Å². The smallest absolute Gasteiger partial charge is 0.434 e. The van der Waals surface area contributed by atoms with Crippen LogP contribution in [0.15, 0.2) is 81.7 Å². The molecular formula is C25H18ClF3N2O3S. The lowest BCUT2D eigenvalue weighted by Gasteiger charge is -2.26. The maximum atomic E-state index is 14.1. The molecule has 180 valence electrons. The fourth-order valence-corrected chi connectivity index (χ4v) is 4.70. The van der Waals surface area contributed by atoms with Crippen LogP contribution in [0.25, 0.3) is 12.2 Å². The van der Waals surface area contributed by atoms with Gasteiger partial charge in [0.25, 0.3) is 5.56 Å². The number of halogens is 4. The van der Waals surface area contributed by atoms with Crippen molar-refractivity contribution in [2.24, 2.45) is 4.99 Å². The summed E-state index contributed by atoms with van der Waals surface area (Å²) in [6.45, 7) is 1.34. The van der Waals surface area contributed by atoms with E-state index in [9.17, 15) is 22.8 Å². The molecule has 0 spiro atoms. The number of hydrogen-bond donors (Lipinski definition) is 0. The van der Waals surface area contributed by atoms with Gasteiger partial charge in [-0.25, -0.2) is 9.79 Å². The summed E-state index contributed by atoms with van der Waals surface area (Å²) in [6, 6.07) is 13.8. The highest BCUT2D eigenvalue weighted by atomic mass is 35.5. The lowest BCUT2D eigenvalue weighted by atomic mass is 9.95. The molecule has 0 bridgehead atoms. The third-order valence-electron chi connectivity index (χ3n) is 5.12. The number of allylic oxidation sites excluding steroid dienone is 2. The van der Waals surface area contributed by atoms with Crippen LogP contribution in [0.5, 0.6) is 0 Å². The van der Waals surface area contributed by atoms with Gasteiger partial charge in [0.15, 0.2) is 10.5 Å². The van der Waals surface area contributed by atoms with Gasteiger partial charge in [0, 0.05) is 5.02 Å². The largest absolute Gasteiger partial charge is 0.463 e. The number of benzene rings is 2. The molecule has 35 heavy (non-hydrogen) atoms. The van der Waals surface area contributed by atoms with Crippen LogP contribution < -0.4 is 14.9 Å². The third kappa shape index (κ3) is 5.16. The molecule has 1 atom stereocenters. The molecule has 0 radical (unpaired) electrons. The standard InChI is InChI=1S/C25H18ClF3N2O3S/c1-2-34-23(33)19-20(16-11-13-17(26)14-12-16)31-22(32)18(10-6-9-15-7-4-3-5-8-15)35-24(31)30-21(19)25(27,28)29/h3-14,20H,2H2,1H3/b9-6+,18-10+/t20-/m1/s1. The number of esters is 1. The second kappa shape index (κ2) is 10.1. The van der Waals surface area contributed by atoms with Crippen LogP contribution in [0, 0.1) is 0 Å². The summed E-state index contributed by atoms with van der Waals surface area (Å²) in [6.07, 6.45) is -0.0392. The molecule has 10 heteroatoms. The van der Waals surface area contributed by atoms with Crippen molar-refractivity contribution in [1.29, 1.82) is 0 Å². The normalized spacial score (nSPS) is 16.4. The zero-order valence-corrected chi connectivity index (χ0v) is 19.8. The number of fused-ring (bicyclic) bond motifs is 1. The summed E-state index contributed by atoms with van der Waals surface area (Å²) >= 11 is 6.77. The average molecular weight is 519 g/mol. The summed E-state index contributed by atoms with van der Waals surface area (Å²) in [7, 11) is 0. The Morgan fingerprint density at radius 2 is 1.86 bits per heavy atom. The molecule has 5 nitrogen and oxygen atoms in total. The molecule has 1 aromatic heterocycles. The first-order chi connectivity index (χ1) is 16.7. The Morgan fingerprint density at radius 1 is 1.17 bits per heavy atom. The van der Waals surface area contributed by atoms with Gasteiger partial charge in [0.1, 0.15) is 0 Å². The van der Waals surface area contributed by atoms with E-state index < -0.39 is 35.0 Å². The fraction of sp³-hybridized carbons (Fsp3) is 0.160. The Labute approximate surface area is 206 Å². The van der Waals surface area contributed by atoms with Crippen molar-refractivity contribution < 1.29 is 22.7 Å². The highest BCUT2D eigenvalue weighted by molar-refractivity contribution is 7.07. The summed E-state index contributed by atoms with van der Waals surface area (Å²) in [5, 5.41) is 0.352. The monoisotopic (exact) mass is 518 g/mol. The molecule has 0 unspecified atom stereocenters. The van der Waals surface area contributed by atoms with Gasteiger partial charge >= 0.3 is 12.1 Å². The Hall–Kier alpha value is -3.43. The van der Waals surface area contributed by atoms with Gasteiger partial charge in [-0.15, -0.1) is 0 Å². The fourth-order valence-electron chi connectivity index (χ4n) is 3.63. The van der Waals surface area contributed by atoms with E-state index in [1.54, 1.807) is 12.2 Å². The lowest BCUT2D eigenvalue weighted by molar-refractivity contribution is -0.140. The third-order valence-corrected chi connectivity index (χ3v) is 6.37. The van der Waals surface area contributed by atoms with Gasteiger partial charge in [-0.05, 0) is 36.3 Å². The molecule has 1 aliphatic rings. The SMILES string of the molecule is CCOC(=O)C1=C(C(F)(F)F)N=c2s/c(=C/C=C/c3ccccc3)c(=O)n2[C@@H]1c1ccc(Cl)cc1. The zero-order chi connectivity index (χ0) is 25.2. The van der Waals surface area contributed by atoms with Gasteiger partial charge in [-0.1, -0.05) is 77.6 Å². The Balaban J connectivity index is 1.96. The maximum Gasteiger partial charge on any atom is 0.434 e. The number of thiazole rings is 1. The number of alkyl halides is 3. The number of hydrogen-bond acceptors (Lipinski definition) is 5. The number of carbonyl (C=O) groups excluding carboxylic acids is 1. The van der Waals surface area contributed by atoms with Crippen molar-refractivity contribution in [2.45, 2.75) is 19.1 Å². The van der Waals surface area contributed by atoms with Crippen LogP contribution in [0.2, 0.25) is 5.02 Å². The van der Waals surface area contributed by atoms with E-state index in [0.29, 0.717) is 5.02 Å².